The summed E-state index contributed by atoms with van der Waals surface area (Å²) in [7, 11) is 0. The molecule has 0 bridgehead atoms. The molecule has 3 saturated heterocycles. The molecule has 8 aromatic carbocycles. The average molecular weight is 1650 g/mol. The van der Waals surface area contributed by atoms with Gasteiger partial charge in [-0.15, -0.1) is 0 Å². The first kappa shape index (κ1) is 83.3. The van der Waals surface area contributed by atoms with Crippen molar-refractivity contribution in [1.29, 1.82) is 0 Å². The molecule has 4 aromatic heterocycles. The van der Waals surface area contributed by atoms with Crippen LogP contribution in [0.1, 0.15) is 115 Å². The fraction of sp³-hybridized carbons (Fsp3) is 0.188. The number of rotatable bonds is 22. The van der Waals surface area contributed by atoms with Crippen LogP contribution in [0.5, 0.6) is 0 Å². The number of carbonyl (C=O) groups is 8. The van der Waals surface area contributed by atoms with Gasteiger partial charge in [0.2, 0.25) is 0 Å². The van der Waals surface area contributed by atoms with Gasteiger partial charge in [0.25, 0.3) is 16.7 Å². The first-order valence-electron chi connectivity index (χ1n) is 37.2. The van der Waals surface area contributed by atoms with Crippen LogP contribution in [0.3, 0.4) is 0 Å². The molecule has 3 aliphatic rings. The van der Waals surface area contributed by atoms with Gasteiger partial charge in [-0.3, -0.25) is 29.3 Å². The molecule has 12 aromatic rings. The molecule has 0 saturated carbocycles. The molecule has 12 atom stereocenters. The minimum atomic E-state index is -1.67. The van der Waals surface area contributed by atoms with Crippen molar-refractivity contribution >= 4 is 76.2 Å². The second kappa shape index (κ2) is 37.9. The van der Waals surface area contributed by atoms with Crippen molar-refractivity contribution < 1.29 is 90.5 Å². The number of nitrogens with one attached hydrogen (secondary N) is 4. The predicted molar refractivity (Wildman–Crippen MR) is 426 cm³/mol. The zero-order valence-corrected chi connectivity index (χ0v) is 63.5. The molecular formula is C85H73N11O25. The predicted octanol–water partition coefficient (Wildman–Crippen LogP) is 6.40. The largest absolute Gasteiger partial charge is 0.459 e. The Kier molecular flexibility index (Phi) is 26.1. The molecule has 7 heterocycles. The first-order valence-corrected chi connectivity index (χ1v) is 37.2. The van der Waals surface area contributed by atoms with Gasteiger partial charge < -0.3 is 74.3 Å². The Labute approximate surface area is 681 Å². The molecule has 12 unspecified atom stereocenters. The van der Waals surface area contributed by atoms with Crippen LogP contribution in [-0.4, -0.2) is 155 Å². The molecule has 36 heteroatoms. The Balaban J connectivity index is 0.000000158. The Morgan fingerprint density at radius 2 is 0.636 bits per heavy atom. The SMILES string of the molecule is CCC1OC(n2c(=O)cc(N)[nH]c2=O)C(OC(=O)c2ccccc2)C1OC(=O)c1ccccc1.Nc1[nH]c(=O)n(C2OC(COC(=O)c3ccccc3)C(OC(=O)c3ccccc3)C2OC(=O)c2ccccc2)c(=O)c1N.O=C(OCC1OC(n2c(=O)[nH]c3nc[nH]c3c2=O)C(OC(=O)c2ccccc2)C1OC(=O)c1ccccc1)c1ccccc1. The molecule has 0 radical (unpaired) electrons. The minimum Gasteiger partial charge on any atom is -0.459 e. The Morgan fingerprint density at radius 1 is 0.355 bits per heavy atom. The van der Waals surface area contributed by atoms with Gasteiger partial charge in [-0.1, -0.05) is 153 Å². The van der Waals surface area contributed by atoms with E-state index in [0.717, 1.165) is 10.6 Å². The van der Waals surface area contributed by atoms with Gasteiger partial charge in [-0.05, 0) is 103 Å². The van der Waals surface area contributed by atoms with Crippen molar-refractivity contribution in [3.63, 3.8) is 0 Å². The van der Waals surface area contributed by atoms with E-state index in [2.05, 4.69) is 24.9 Å². The van der Waals surface area contributed by atoms with Crippen molar-refractivity contribution in [2.24, 2.45) is 0 Å². The van der Waals surface area contributed by atoms with Crippen LogP contribution >= 0.6 is 0 Å². The number of nitrogen functional groups attached to an aromatic ring is 3. The van der Waals surface area contributed by atoms with Crippen molar-refractivity contribution in [2.45, 2.75) is 87.0 Å². The maximum Gasteiger partial charge on any atom is 0.338 e. The lowest BCUT2D eigenvalue weighted by atomic mass is 10.1. The van der Waals surface area contributed by atoms with E-state index in [4.69, 9.17) is 69.3 Å². The first-order chi connectivity index (χ1) is 58.5. The molecular weight excluding hydrogens is 1570 g/mol. The van der Waals surface area contributed by atoms with Gasteiger partial charge >= 0.3 is 64.8 Å². The van der Waals surface area contributed by atoms with Crippen molar-refractivity contribution in [1.82, 2.24) is 38.6 Å². The normalized spacial score (nSPS) is 20.0. The Hall–Kier alpha value is -15.7. The summed E-state index contributed by atoms with van der Waals surface area (Å²) >= 11 is 0. The number of aromatic amines is 4. The Bertz CT molecular complexity index is 6090. The number of nitrogens with two attached hydrogens (primary N) is 3. The highest BCUT2D eigenvalue weighted by atomic mass is 16.7. The van der Waals surface area contributed by atoms with E-state index in [0.29, 0.717) is 15.6 Å². The van der Waals surface area contributed by atoms with Crippen LogP contribution in [0.15, 0.2) is 284 Å². The summed E-state index contributed by atoms with van der Waals surface area (Å²) in [5.41, 5.74) is 12.7. The highest BCUT2D eigenvalue weighted by molar-refractivity contribution is 5.93. The molecule has 0 amide bonds. The van der Waals surface area contributed by atoms with Crippen LogP contribution < -0.4 is 50.9 Å². The number of H-pyrrole nitrogens is 4. The lowest BCUT2D eigenvalue weighted by Crippen LogP contribution is -2.46. The molecule has 10 N–H and O–H groups in total. The van der Waals surface area contributed by atoms with Gasteiger partial charge in [-0.25, -0.2) is 71.4 Å². The summed E-state index contributed by atoms with van der Waals surface area (Å²) in [5.74, 6) is -6.62. The molecule has 15 rings (SSSR count). The Morgan fingerprint density at radius 3 is 0.967 bits per heavy atom. The van der Waals surface area contributed by atoms with E-state index in [1.165, 1.54) is 67.0 Å². The number of anilines is 3. The van der Waals surface area contributed by atoms with Crippen LogP contribution in [0, 0.1) is 0 Å². The molecule has 0 aliphatic carbocycles. The van der Waals surface area contributed by atoms with E-state index in [9.17, 15) is 67.1 Å². The third-order valence-electron chi connectivity index (χ3n) is 19.0. The number of aromatic nitrogens is 8. The standard InChI is InChI=1S/C31H24N4O9.C30H26N4O9.C24H23N3O7/c36-26-22-25(33-17-32-22)34-31(40)35(26)27-24(44-30(39)20-14-8-3-9-15-20)23(43-29(38)19-12-6-2-7-13-19)21(42-27)16-41-28(37)18-10-4-1-5-11-18;31-21-24(32)33-30(39)34(25(21)35)26-23(43-29(38)19-14-8-3-9-15-19)22(42-28(37)18-12-6-2-7-13-18)20(41-26)16-40-27(36)17-10-4-1-5-11-17;1-2-16-19(33-22(29)14-9-5-3-6-10-14)20(34-23(30)15-11-7-4-8-12-15)21(32-16)27-18(28)13-17(25)26-24(27)31/h1-15,17,21,23-24,27H,16H2,(H,32,33)(H,34,40);1-15,20,22-23,26H,16,31-32H2,(H,33,39);3-13,16,19-21H,2,25H2,1H3,(H,26,31). The topological polar surface area (TPSA) is 509 Å². The molecule has 0 spiro atoms. The maximum absolute atomic E-state index is 13.5. The summed E-state index contributed by atoms with van der Waals surface area (Å²) in [6.45, 7) is 0.797. The zero-order chi connectivity index (χ0) is 85.4. The fourth-order valence-corrected chi connectivity index (χ4v) is 13.1. The van der Waals surface area contributed by atoms with E-state index in [-0.39, 0.29) is 67.3 Å². The van der Waals surface area contributed by atoms with Gasteiger partial charge in [-0.2, -0.15) is 0 Å². The van der Waals surface area contributed by atoms with Gasteiger partial charge in [0, 0.05) is 6.07 Å². The second-order valence-electron chi connectivity index (χ2n) is 26.9. The second-order valence-corrected chi connectivity index (χ2v) is 26.9. The van der Waals surface area contributed by atoms with Crippen molar-refractivity contribution in [2.75, 3.05) is 30.4 Å². The summed E-state index contributed by atoms with van der Waals surface area (Å²) in [6.07, 6.45) is -14.7. The average Bonchev–Trinajstić information content (AvgIpc) is 1.62. The van der Waals surface area contributed by atoms with Gasteiger partial charge in [0.1, 0.15) is 54.4 Å². The van der Waals surface area contributed by atoms with E-state index < -0.39 is 174 Å². The van der Waals surface area contributed by atoms with Crippen molar-refractivity contribution in [3.05, 3.63) is 362 Å². The number of imidazole rings is 1. The molecule has 121 heavy (non-hydrogen) atoms. The molecule has 618 valence electrons. The third-order valence-corrected chi connectivity index (χ3v) is 19.0. The number of fused-ring (bicyclic) bond motifs is 1. The highest BCUT2D eigenvalue weighted by Crippen LogP contribution is 2.38. The lowest BCUT2D eigenvalue weighted by molar-refractivity contribution is -0.0652. The maximum atomic E-state index is 13.5. The minimum absolute atomic E-state index is 0.00692. The van der Waals surface area contributed by atoms with E-state index in [1.54, 1.807) is 189 Å². The van der Waals surface area contributed by atoms with Gasteiger partial charge in [0.05, 0.1) is 50.8 Å². The highest BCUT2D eigenvalue weighted by Gasteiger charge is 2.55. The van der Waals surface area contributed by atoms with Crippen LogP contribution in [0.2, 0.25) is 0 Å². The van der Waals surface area contributed by atoms with Gasteiger partial charge in [0.15, 0.2) is 61.0 Å². The van der Waals surface area contributed by atoms with Crippen molar-refractivity contribution in [3.8, 4) is 0 Å². The molecule has 3 aliphatic heterocycles. The number of esters is 8. The number of ether oxygens (including phenoxy) is 11. The summed E-state index contributed by atoms with van der Waals surface area (Å²) < 4.78 is 65.6. The van der Waals surface area contributed by atoms with E-state index >= 15 is 0 Å². The summed E-state index contributed by atoms with van der Waals surface area (Å²) in [4.78, 5) is 196. The monoisotopic (exact) mass is 1650 g/mol. The third kappa shape index (κ3) is 19.2. The summed E-state index contributed by atoms with van der Waals surface area (Å²) in [5, 5.41) is 0. The smallest absolute Gasteiger partial charge is 0.338 e. The zero-order valence-electron chi connectivity index (χ0n) is 63.5. The number of hydrogen-bond acceptors (Lipinski definition) is 29. The lowest BCUT2D eigenvalue weighted by Gasteiger charge is -2.25. The van der Waals surface area contributed by atoms with Crippen LogP contribution in [0.4, 0.5) is 17.3 Å². The fourth-order valence-electron chi connectivity index (χ4n) is 13.1. The van der Waals surface area contributed by atoms with Crippen LogP contribution in [0.25, 0.3) is 11.2 Å². The number of carbonyl (C=O) groups excluding carboxylic acids is 8. The molecule has 36 nitrogen and oxygen atoms in total. The molecule has 3 fully saturated rings. The number of nitrogens with zero attached hydrogens (tertiary/aromatic N) is 4. The van der Waals surface area contributed by atoms with Crippen LogP contribution in [-0.2, 0) is 52.1 Å². The quantitative estimate of drug-likeness (QED) is 0.0285. The van der Waals surface area contributed by atoms with E-state index in [1.807, 2.05) is 0 Å². The number of benzene rings is 8. The number of hydrogen-bond donors (Lipinski definition) is 7. The summed E-state index contributed by atoms with van der Waals surface area (Å²) in [6, 6.07) is 65.5.